The molecule has 0 amide bonds. The molecule has 0 aromatic heterocycles. The molecule has 0 aromatic rings. The highest BCUT2D eigenvalue weighted by molar-refractivity contribution is 7.54. The number of hydrogen-bond acceptors (Lipinski definition) is 9. The molecule has 1 N–H and O–H groups in total. The third-order valence-corrected chi connectivity index (χ3v) is 8.96. The Kier molecular flexibility index (Phi) is 13.4. The van der Waals surface area contributed by atoms with E-state index in [1.807, 2.05) is 38.4 Å². The average Bonchev–Trinajstić information content (AvgIpc) is 3.07. The zero-order chi connectivity index (χ0) is 24.5. The Morgan fingerprint density at radius 3 is 2.31 bits per heavy atom. The number of ether oxygens (including phenoxy) is 1. The minimum Gasteiger partial charge on any atom is -0.379 e. The fourth-order valence-electron chi connectivity index (χ4n) is 3.34. The second kappa shape index (κ2) is 14.3. The molecule has 0 bridgehead atoms. The second-order valence-corrected chi connectivity index (χ2v) is 11.3. The van der Waals surface area contributed by atoms with Crippen molar-refractivity contribution in [2.24, 2.45) is 0 Å². The van der Waals surface area contributed by atoms with Crippen molar-refractivity contribution in [1.29, 1.82) is 5.26 Å². The van der Waals surface area contributed by atoms with E-state index < -0.39 is 46.3 Å². The van der Waals surface area contributed by atoms with Gasteiger partial charge in [0.05, 0.1) is 44.5 Å². The number of hydrogen-bond donors (Lipinski definition) is 1. The van der Waals surface area contributed by atoms with E-state index in [1.165, 1.54) is 0 Å². The number of nitriles is 1. The summed E-state index contributed by atoms with van der Waals surface area (Å²) in [6, 6.07) is 1.21. The zero-order valence-electron chi connectivity index (χ0n) is 19.7. The van der Waals surface area contributed by atoms with Gasteiger partial charge in [-0.05, 0) is 41.5 Å². The Balaban J connectivity index is 2.94. The fourth-order valence-corrected chi connectivity index (χ4v) is 6.73. The quantitative estimate of drug-likeness (QED) is 0.205. The van der Waals surface area contributed by atoms with Crippen molar-refractivity contribution in [3.8, 4) is 6.07 Å². The molecule has 32 heavy (non-hydrogen) atoms. The molecule has 0 saturated carbocycles. The van der Waals surface area contributed by atoms with Gasteiger partial charge in [-0.2, -0.15) is 5.26 Å². The molecule has 1 aliphatic rings. The molecule has 1 aliphatic heterocycles. The lowest BCUT2D eigenvalue weighted by Crippen LogP contribution is -2.36. The summed E-state index contributed by atoms with van der Waals surface area (Å²) in [5.74, 6) is -2.02. The van der Waals surface area contributed by atoms with Crippen LogP contribution in [0, 0.1) is 11.3 Å². The van der Waals surface area contributed by atoms with Gasteiger partial charge in [-0.15, -0.1) is 0 Å². The summed E-state index contributed by atoms with van der Waals surface area (Å²) in [5.41, 5.74) is 0. The molecule has 3 unspecified atom stereocenters. The summed E-state index contributed by atoms with van der Waals surface area (Å²) in [7, 11) is 0.352. The third kappa shape index (κ3) is 8.27. The van der Waals surface area contributed by atoms with Crippen LogP contribution in [0.3, 0.4) is 0 Å². The fraction of sp³-hybridized carbons (Fsp3) is 0.947. The second-order valence-electron chi connectivity index (χ2n) is 7.80. The summed E-state index contributed by atoms with van der Waals surface area (Å²) in [6.45, 7) is 11.3. The Morgan fingerprint density at radius 1 is 1.28 bits per heavy atom. The van der Waals surface area contributed by atoms with Crippen molar-refractivity contribution < 1.29 is 36.9 Å². The normalized spacial score (nSPS) is 24.8. The molecule has 0 aromatic carbocycles. The van der Waals surface area contributed by atoms with Crippen LogP contribution in [0.5, 0.6) is 0 Å². The van der Waals surface area contributed by atoms with Gasteiger partial charge >= 0.3 is 7.60 Å². The summed E-state index contributed by atoms with van der Waals surface area (Å²) < 4.78 is 57.4. The maximum absolute atomic E-state index is 15.1. The van der Waals surface area contributed by atoms with Crippen molar-refractivity contribution >= 4 is 24.0 Å². The highest BCUT2D eigenvalue weighted by Gasteiger charge is 2.49. The number of nitrogens with zero attached hydrogens (tertiary/aromatic N) is 2. The van der Waals surface area contributed by atoms with Crippen molar-refractivity contribution in [3.63, 3.8) is 0 Å². The number of alkyl halides is 1. The van der Waals surface area contributed by atoms with E-state index in [1.54, 1.807) is 13.8 Å². The molecular weight excluding hydrogens is 460 g/mol. The maximum atomic E-state index is 15.1. The van der Waals surface area contributed by atoms with E-state index in [2.05, 4.69) is 0 Å². The van der Waals surface area contributed by atoms with Gasteiger partial charge in [0.25, 0.3) is 8.53 Å². The van der Waals surface area contributed by atoms with Crippen LogP contribution in [-0.2, 0) is 27.4 Å². The monoisotopic (exact) mass is 496 g/mol. The van der Waals surface area contributed by atoms with E-state index in [4.69, 9.17) is 35.9 Å². The molecule has 13 heteroatoms. The first-order chi connectivity index (χ1) is 15.0. The lowest BCUT2D eigenvalue weighted by atomic mass is 9.94. The van der Waals surface area contributed by atoms with Gasteiger partial charge in [-0.1, -0.05) is 0 Å². The zero-order valence-corrected chi connectivity index (χ0v) is 21.5. The van der Waals surface area contributed by atoms with Gasteiger partial charge in [0.15, 0.2) is 12.0 Å². The van der Waals surface area contributed by atoms with Crippen LogP contribution in [-0.4, -0.2) is 79.8 Å². The molecule has 2 radical (unpaired) electrons. The van der Waals surface area contributed by atoms with E-state index in [9.17, 15) is 9.67 Å². The standard InChI is InChI=1S/C19H36BFN2O7P2/c1-7-27-32(25,28-8-2)19(24)17(21)15-12-16(18(20)29-15)30-31(26-11-9-10-22)23(13(3)4)14(5)6/h13-19,24H,7-9,11-12H2,1-6H3/t15-,16-,17?,18+,19?,31?/m0/s1. The molecule has 0 aliphatic carbocycles. The molecule has 1 saturated heterocycles. The van der Waals surface area contributed by atoms with Crippen LogP contribution >= 0.6 is 16.1 Å². The topological polar surface area (TPSA) is 110 Å². The van der Waals surface area contributed by atoms with Gasteiger partial charge in [0, 0.05) is 24.5 Å². The molecule has 1 rings (SSSR count). The molecule has 1 heterocycles. The van der Waals surface area contributed by atoms with Crippen molar-refractivity contribution in [3.05, 3.63) is 0 Å². The third-order valence-electron chi connectivity index (χ3n) is 4.63. The van der Waals surface area contributed by atoms with Crippen molar-refractivity contribution in [1.82, 2.24) is 4.67 Å². The Hall–Kier alpha value is -0.135. The van der Waals surface area contributed by atoms with Gasteiger partial charge < -0.3 is 27.9 Å². The van der Waals surface area contributed by atoms with Gasteiger partial charge in [-0.25, -0.2) is 9.06 Å². The number of aliphatic hydroxyl groups is 1. The Bertz CT molecular complexity index is 625. The highest BCUT2D eigenvalue weighted by atomic mass is 31.2. The van der Waals surface area contributed by atoms with E-state index >= 15 is 4.39 Å². The number of rotatable bonds is 15. The van der Waals surface area contributed by atoms with Crippen molar-refractivity contribution in [2.45, 2.75) is 96.7 Å². The van der Waals surface area contributed by atoms with Crippen LogP contribution in [0.1, 0.15) is 54.4 Å². The predicted molar refractivity (Wildman–Crippen MR) is 121 cm³/mol. The summed E-state index contributed by atoms with van der Waals surface area (Å²) in [5, 5.41) is 19.2. The smallest absolute Gasteiger partial charge is 0.362 e. The number of aliphatic hydroxyl groups excluding tert-OH is 1. The summed E-state index contributed by atoms with van der Waals surface area (Å²) in [4.78, 5) is 0. The molecule has 6 atom stereocenters. The average molecular weight is 496 g/mol. The molecular formula is C19H36BFN2O7P2. The van der Waals surface area contributed by atoms with Crippen LogP contribution in [0.4, 0.5) is 4.39 Å². The first-order valence-corrected chi connectivity index (χ1v) is 13.6. The minimum atomic E-state index is -4.09. The van der Waals surface area contributed by atoms with E-state index in [0.29, 0.717) is 0 Å². The van der Waals surface area contributed by atoms with Gasteiger partial charge in [-0.3, -0.25) is 4.57 Å². The van der Waals surface area contributed by atoms with Gasteiger partial charge in [0.1, 0.15) is 7.85 Å². The lowest BCUT2D eigenvalue weighted by Gasteiger charge is -2.37. The summed E-state index contributed by atoms with van der Waals surface area (Å²) >= 11 is 0. The minimum absolute atomic E-state index is 0.0115. The van der Waals surface area contributed by atoms with Gasteiger partial charge in [0.2, 0.25) is 0 Å². The molecule has 1 fully saturated rings. The SMILES string of the molecule is [B][C@@H]1O[C@H](C(F)C(O)P(=O)(OCC)OCC)C[C@@H]1OP(OCCC#N)N(C(C)C)C(C)C. The van der Waals surface area contributed by atoms with E-state index in [-0.39, 0.29) is 44.7 Å². The van der Waals surface area contributed by atoms with Crippen molar-refractivity contribution in [2.75, 3.05) is 19.8 Å². The van der Waals surface area contributed by atoms with Crippen LogP contribution in [0.2, 0.25) is 0 Å². The van der Waals surface area contributed by atoms with Crippen LogP contribution < -0.4 is 0 Å². The Morgan fingerprint density at radius 2 is 1.84 bits per heavy atom. The highest BCUT2D eigenvalue weighted by Crippen LogP contribution is 2.55. The van der Waals surface area contributed by atoms with E-state index in [0.717, 1.165) is 0 Å². The molecule has 0 spiro atoms. The first-order valence-electron chi connectivity index (χ1n) is 10.9. The van der Waals surface area contributed by atoms with Crippen LogP contribution in [0.25, 0.3) is 0 Å². The molecule has 184 valence electrons. The number of halogens is 1. The first kappa shape index (κ1) is 29.9. The Labute approximate surface area is 193 Å². The predicted octanol–water partition coefficient (Wildman–Crippen LogP) is 3.85. The largest absolute Gasteiger partial charge is 0.379 e. The maximum Gasteiger partial charge on any atom is 0.362 e. The van der Waals surface area contributed by atoms with Crippen LogP contribution in [0.15, 0.2) is 0 Å². The molecule has 9 nitrogen and oxygen atoms in total. The summed E-state index contributed by atoms with van der Waals surface area (Å²) in [6.07, 6.45) is -3.73. The lowest BCUT2D eigenvalue weighted by molar-refractivity contribution is -0.0200.